The summed E-state index contributed by atoms with van der Waals surface area (Å²) >= 11 is 0. The van der Waals surface area contributed by atoms with Gasteiger partial charge in [0.2, 0.25) is 10.0 Å². The number of hydrogen-bond donors (Lipinski definition) is 1. The zero-order valence-corrected chi connectivity index (χ0v) is 15.4. The number of anilines is 1. The standard InChI is InChI=1S/C19H20F2N2O3S/c20-16-5-4-6-17(21)18(16)22-19(24)15-9-7-14(8-10-15)13-27(25,26)23-11-2-1-3-12-23/h4-10H,1-3,11-13H2,(H,22,24). The summed E-state index contributed by atoms with van der Waals surface area (Å²) < 4.78 is 53.7. The number of para-hydroxylation sites is 1. The Labute approximate surface area is 157 Å². The molecule has 0 aromatic heterocycles. The SMILES string of the molecule is O=C(Nc1c(F)cccc1F)c1ccc(CS(=O)(=O)N2CCCCC2)cc1. The number of benzene rings is 2. The van der Waals surface area contributed by atoms with E-state index in [1.807, 2.05) is 0 Å². The highest BCUT2D eigenvalue weighted by atomic mass is 32.2. The second-order valence-electron chi connectivity index (χ2n) is 6.46. The molecule has 0 unspecified atom stereocenters. The number of sulfonamides is 1. The number of hydrogen-bond acceptors (Lipinski definition) is 3. The molecule has 0 atom stereocenters. The Hall–Kier alpha value is -2.32. The van der Waals surface area contributed by atoms with Crippen molar-refractivity contribution in [2.24, 2.45) is 0 Å². The van der Waals surface area contributed by atoms with E-state index in [0.717, 1.165) is 31.4 Å². The van der Waals surface area contributed by atoms with E-state index in [0.29, 0.717) is 18.7 Å². The van der Waals surface area contributed by atoms with Crippen LogP contribution < -0.4 is 5.32 Å². The molecule has 144 valence electrons. The van der Waals surface area contributed by atoms with Crippen molar-refractivity contribution in [1.82, 2.24) is 4.31 Å². The summed E-state index contributed by atoms with van der Waals surface area (Å²) in [5.74, 6) is -2.55. The molecule has 1 aliphatic rings. The van der Waals surface area contributed by atoms with E-state index >= 15 is 0 Å². The zero-order valence-electron chi connectivity index (χ0n) is 14.6. The van der Waals surface area contributed by atoms with Crippen molar-refractivity contribution in [3.05, 3.63) is 65.2 Å². The second kappa shape index (κ2) is 8.14. The first-order valence-electron chi connectivity index (χ1n) is 8.69. The Morgan fingerprint density at radius 2 is 1.56 bits per heavy atom. The second-order valence-corrected chi connectivity index (χ2v) is 8.43. The Bertz CT molecular complexity index is 904. The molecule has 1 amide bonds. The van der Waals surface area contributed by atoms with Gasteiger partial charge in [-0.25, -0.2) is 21.5 Å². The molecule has 0 aliphatic carbocycles. The number of nitrogens with zero attached hydrogens (tertiary/aromatic N) is 1. The van der Waals surface area contributed by atoms with Gasteiger partial charge in [0.15, 0.2) is 0 Å². The van der Waals surface area contributed by atoms with Gasteiger partial charge in [0.1, 0.15) is 17.3 Å². The highest BCUT2D eigenvalue weighted by molar-refractivity contribution is 7.88. The van der Waals surface area contributed by atoms with E-state index in [-0.39, 0.29) is 11.3 Å². The fourth-order valence-corrected chi connectivity index (χ4v) is 4.61. The van der Waals surface area contributed by atoms with Gasteiger partial charge in [0.25, 0.3) is 5.91 Å². The highest BCUT2D eigenvalue weighted by Gasteiger charge is 2.24. The number of nitrogens with one attached hydrogen (secondary N) is 1. The lowest BCUT2D eigenvalue weighted by atomic mass is 10.1. The lowest BCUT2D eigenvalue weighted by molar-refractivity contribution is 0.102. The van der Waals surface area contributed by atoms with Crippen LogP contribution in [-0.4, -0.2) is 31.7 Å². The van der Waals surface area contributed by atoms with Crippen LogP contribution in [0.2, 0.25) is 0 Å². The van der Waals surface area contributed by atoms with Gasteiger partial charge >= 0.3 is 0 Å². The van der Waals surface area contributed by atoms with Crippen LogP contribution in [0.4, 0.5) is 14.5 Å². The maximum Gasteiger partial charge on any atom is 0.255 e. The molecule has 2 aromatic rings. The topological polar surface area (TPSA) is 66.5 Å². The van der Waals surface area contributed by atoms with Crippen LogP contribution in [0.3, 0.4) is 0 Å². The predicted molar refractivity (Wildman–Crippen MR) is 98.8 cm³/mol. The van der Waals surface area contributed by atoms with Gasteiger partial charge in [-0.1, -0.05) is 24.6 Å². The van der Waals surface area contributed by atoms with Crippen LogP contribution in [0.15, 0.2) is 42.5 Å². The molecular weight excluding hydrogens is 374 g/mol. The summed E-state index contributed by atoms with van der Waals surface area (Å²) in [5, 5.41) is 2.20. The molecule has 1 aliphatic heterocycles. The summed E-state index contributed by atoms with van der Waals surface area (Å²) in [7, 11) is -3.40. The molecular formula is C19H20F2N2O3S. The number of piperidine rings is 1. The summed E-state index contributed by atoms with van der Waals surface area (Å²) in [6, 6.07) is 9.25. The Morgan fingerprint density at radius 1 is 0.963 bits per heavy atom. The number of carbonyl (C=O) groups is 1. The molecule has 0 spiro atoms. The maximum absolute atomic E-state index is 13.6. The first-order chi connectivity index (χ1) is 12.9. The normalized spacial score (nSPS) is 15.5. The van der Waals surface area contributed by atoms with Gasteiger partial charge in [-0.05, 0) is 42.7 Å². The van der Waals surface area contributed by atoms with Gasteiger partial charge in [-0.15, -0.1) is 0 Å². The molecule has 0 bridgehead atoms. The summed E-state index contributed by atoms with van der Waals surface area (Å²) in [6.07, 6.45) is 2.77. The number of halogens is 2. The minimum atomic E-state index is -3.40. The van der Waals surface area contributed by atoms with E-state index < -0.39 is 33.3 Å². The molecule has 1 saturated heterocycles. The van der Waals surface area contributed by atoms with Crippen molar-refractivity contribution in [1.29, 1.82) is 0 Å². The average Bonchev–Trinajstić information content (AvgIpc) is 2.66. The maximum atomic E-state index is 13.6. The Kier molecular flexibility index (Phi) is 5.86. The fraction of sp³-hybridized carbons (Fsp3) is 0.316. The molecule has 27 heavy (non-hydrogen) atoms. The molecule has 1 N–H and O–H groups in total. The highest BCUT2D eigenvalue weighted by Crippen LogP contribution is 2.20. The third kappa shape index (κ3) is 4.70. The minimum Gasteiger partial charge on any atom is -0.317 e. The van der Waals surface area contributed by atoms with Crippen molar-refractivity contribution < 1.29 is 22.0 Å². The van der Waals surface area contributed by atoms with Crippen LogP contribution in [0.5, 0.6) is 0 Å². The van der Waals surface area contributed by atoms with Crippen LogP contribution in [0.1, 0.15) is 35.2 Å². The van der Waals surface area contributed by atoms with Gasteiger partial charge in [0, 0.05) is 18.7 Å². The monoisotopic (exact) mass is 394 g/mol. The van der Waals surface area contributed by atoms with E-state index in [9.17, 15) is 22.0 Å². The van der Waals surface area contributed by atoms with E-state index in [4.69, 9.17) is 0 Å². The van der Waals surface area contributed by atoms with Gasteiger partial charge < -0.3 is 5.32 Å². The molecule has 0 radical (unpaired) electrons. The lowest BCUT2D eigenvalue weighted by Crippen LogP contribution is -2.36. The first kappa shape index (κ1) is 19.4. The summed E-state index contributed by atoms with van der Waals surface area (Å²) in [6.45, 7) is 1.08. The minimum absolute atomic E-state index is 0.142. The summed E-state index contributed by atoms with van der Waals surface area (Å²) in [5.41, 5.74) is 0.213. The van der Waals surface area contributed by atoms with Crippen molar-refractivity contribution in [2.45, 2.75) is 25.0 Å². The summed E-state index contributed by atoms with van der Waals surface area (Å²) in [4.78, 5) is 12.2. The van der Waals surface area contributed by atoms with Crippen molar-refractivity contribution in [3.8, 4) is 0 Å². The van der Waals surface area contributed by atoms with Crippen molar-refractivity contribution in [2.75, 3.05) is 18.4 Å². The van der Waals surface area contributed by atoms with E-state index in [1.165, 1.54) is 34.6 Å². The third-order valence-electron chi connectivity index (χ3n) is 4.47. The largest absolute Gasteiger partial charge is 0.317 e. The Morgan fingerprint density at radius 3 is 2.15 bits per heavy atom. The van der Waals surface area contributed by atoms with Gasteiger partial charge in [0.05, 0.1) is 5.75 Å². The first-order valence-corrected chi connectivity index (χ1v) is 10.3. The fourth-order valence-electron chi connectivity index (χ4n) is 3.00. The van der Waals surface area contributed by atoms with Crippen LogP contribution >= 0.6 is 0 Å². The molecule has 2 aromatic carbocycles. The number of amides is 1. The van der Waals surface area contributed by atoms with Gasteiger partial charge in [-0.2, -0.15) is 0 Å². The molecule has 3 rings (SSSR count). The molecule has 5 nitrogen and oxygen atoms in total. The zero-order chi connectivity index (χ0) is 19.4. The van der Waals surface area contributed by atoms with Crippen molar-refractivity contribution >= 4 is 21.6 Å². The number of rotatable bonds is 5. The Balaban J connectivity index is 1.68. The van der Waals surface area contributed by atoms with Crippen LogP contribution in [-0.2, 0) is 15.8 Å². The average molecular weight is 394 g/mol. The quantitative estimate of drug-likeness (QED) is 0.844. The number of carbonyl (C=O) groups excluding carboxylic acids is 1. The van der Waals surface area contributed by atoms with Gasteiger partial charge in [-0.3, -0.25) is 4.79 Å². The molecule has 1 fully saturated rings. The van der Waals surface area contributed by atoms with Crippen LogP contribution in [0, 0.1) is 11.6 Å². The van der Waals surface area contributed by atoms with Crippen molar-refractivity contribution in [3.63, 3.8) is 0 Å². The molecule has 0 saturated carbocycles. The van der Waals surface area contributed by atoms with E-state index in [1.54, 1.807) is 0 Å². The predicted octanol–water partition coefficient (Wildman–Crippen LogP) is 3.53. The smallest absolute Gasteiger partial charge is 0.255 e. The molecule has 8 heteroatoms. The lowest BCUT2D eigenvalue weighted by Gasteiger charge is -2.25. The third-order valence-corrected chi connectivity index (χ3v) is 6.32. The molecule has 1 heterocycles. The van der Waals surface area contributed by atoms with E-state index in [2.05, 4.69) is 5.32 Å². The van der Waals surface area contributed by atoms with Crippen LogP contribution in [0.25, 0.3) is 0 Å².